The van der Waals surface area contributed by atoms with Crippen molar-refractivity contribution in [3.8, 4) is 5.75 Å². The van der Waals surface area contributed by atoms with E-state index in [1.54, 1.807) is 7.11 Å². The highest BCUT2D eigenvalue weighted by Crippen LogP contribution is 2.18. The minimum Gasteiger partial charge on any atom is -0.497 e. The van der Waals surface area contributed by atoms with E-state index in [2.05, 4.69) is 20.4 Å². The molecule has 24 heavy (non-hydrogen) atoms. The number of hydrogen-bond donors (Lipinski definition) is 1. The molecule has 3 rings (SSSR count). The summed E-state index contributed by atoms with van der Waals surface area (Å²) in [6, 6.07) is 7.85. The lowest BCUT2D eigenvalue weighted by atomic mass is 9.96. The second-order valence-corrected chi connectivity index (χ2v) is 6.05. The molecule has 8 heteroatoms. The van der Waals surface area contributed by atoms with E-state index in [-0.39, 0.29) is 11.8 Å². The lowest BCUT2D eigenvalue weighted by Crippen LogP contribution is -2.38. The van der Waals surface area contributed by atoms with Gasteiger partial charge in [-0.15, -0.1) is 5.10 Å². The number of rotatable bonds is 6. The van der Waals surface area contributed by atoms with E-state index in [1.165, 1.54) is 0 Å². The molecule has 2 aromatic rings. The van der Waals surface area contributed by atoms with Crippen LogP contribution < -0.4 is 10.5 Å². The molecule has 1 aliphatic heterocycles. The number of amides is 1. The van der Waals surface area contributed by atoms with Gasteiger partial charge in [0.25, 0.3) is 0 Å². The first-order valence-corrected chi connectivity index (χ1v) is 8.05. The number of benzene rings is 1. The summed E-state index contributed by atoms with van der Waals surface area (Å²) in [5.41, 5.74) is 6.48. The quantitative estimate of drug-likeness (QED) is 0.824. The van der Waals surface area contributed by atoms with Gasteiger partial charge >= 0.3 is 0 Å². The Balaban J connectivity index is 1.60. The molecular weight excluding hydrogens is 308 g/mol. The molecule has 2 heterocycles. The predicted octanol–water partition coefficient (Wildman–Crippen LogP) is 0.427. The molecule has 1 aliphatic rings. The van der Waals surface area contributed by atoms with Crippen LogP contribution in [0, 0.1) is 5.92 Å². The van der Waals surface area contributed by atoms with Gasteiger partial charge in [0, 0.05) is 5.92 Å². The molecule has 0 unspecified atom stereocenters. The Morgan fingerprint density at radius 1 is 1.25 bits per heavy atom. The monoisotopic (exact) mass is 330 g/mol. The minimum absolute atomic E-state index is 0.00320. The average molecular weight is 330 g/mol. The number of likely N-dealkylation sites (tertiary alicyclic amines) is 1. The molecule has 0 atom stereocenters. The van der Waals surface area contributed by atoms with Crippen LogP contribution in [0.5, 0.6) is 5.75 Å². The highest BCUT2D eigenvalue weighted by molar-refractivity contribution is 5.76. The van der Waals surface area contributed by atoms with E-state index < -0.39 is 0 Å². The number of primary amides is 1. The fraction of sp³-hybridized carbons (Fsp3) is 0.500. The minimum atomic E-state index is -0.195. The second-order valence-electron chi connectivity index (χ2n) is 6.05. The summed E-state index contributed by atoms with van der Waals surface area (Å²) in [6.07, 6.45) is 1.60. The van der Waals surface area contributed by atoms with E-state index in [0.29, 0.717) is 13.1 Å². The third-order valence-corrected chi connectivity index (χ3v) is 4.45. The number of tetrazole rings is 1. The first kappa shape index (κ1) is 16.4. The van der Waals surface area contributed by atoms with Gasteiger partial charge < -0.3 is 10.5 Å². The number of aromatic nitrogens is 4. The zero-order chi connectivity index (χ0) is 16.9. The number of ether oxygens (including phenoxy) is 1. The lowest BCUT2D eigenvalue weighted by molar-refractivity contribution is -0.123. The lowest BCUT2D eigenvalue weighted by Gasteiger charge is -2.29. The van der Waals surface area contributed by atoms with Crippen molar-refractivity contribution < 1.29 is 9.53 Å². The van der Waals surface area contributed by atoms with Crippen LogP contribution in [0.2, 0.25) is 0 Å². The maximum absolute atomic E-state index is 11.2. The van der Waals surface area contributed by atoms with Gasteiger partial charge in [-0.05, 0) is 54.1 Å². The Morgan fingerprint density at radius 2 is 1.96 bits per heavy atom. The smallest absolute Gasteiger partial charge is 0.220 e. The van der Waals surface area contributed by atoms with Crippen LogP contribution in [0.4, 0.5) is 0 Å². The third kappa shape index (κ3) is 3.88. The van der Waals surface area contributed by atoms with Gasteiger partial charge in [-0.25, -0.2) is 4.68 Å². The van der Waals surface area contributed by atoms with Crippen molar-refractivity contribution in [3.63, 3.8) is 0 Å². The van der Waals surface area contributed by atoms with Crippen molar-refractivity contribution in [2.45, 2.75) is 25.9 Å². The van der Waals surface area contributed by atoms with Crippen LogP contribution in [-0.2, 0) is 17.9 Å². The Bertz CT molecular complexity index is 676. The van der Waals surface area contributed by atoms with Gasteiger partial charge in [0.05, 0.1) is 20.2 Å². The summed E-state index contributed by atoms with van der Waals surface area (Å²) in [5, 5.41) is 12.0. The fourth-order valence-corrected chi connectivity index (χ4v) is 2.94. The molecule has 1 fully saturated rings. The van der Waals surface area contributed by atoms with E-state index in [9.17, 15) is 4.79 Å². The summed E-state index contributed by atoms with van der Waals surface area (Å²) in [4.78, 5) is 13.5. The van der Waals surface area contributed by atoms with Crippen LogP contribution >= 0.6 is 0 Å². The Morgan fingerprint density at radius 3 is 2.58 bits per heavy atom. The predicted molar refractivity (Wildman–Crippen MR) is 87.1 cm³/mol. The van der Waals surface area contributed by atoms with Gasteiger partial charge in [0.15, 0.2) is 5.82 Å². The summed E-state index contributed by atoms with van der Waals surface area (Å²) in [5.74, 6) is 1.45. The molecule has 8 nitrogen and oxygen atoms in total. The standard InChI is InChI=1S/C16H22N6O2/c1-24-14-4-2-12(3-5-14)10-22-15(18-19-20-22)11-21-8-6-13(7-9-21)16(17)23/h2-5,13H,6-11H2,1H3,(H2,17,23). The summed E-state index contributed by atoms with van der Waals surface area (Å²) >= 11 is 0. The molecule has 1 aromatic carbocycles. The molecule has 2 N–H and O–H groups in total. The second kappa shape index (κ2) is 7.39. The van der Waals surface area contributed by atoms with Gasteiger partial charge in [0.1, 0.15) is 5.75 Å². The average Bonchev–Trinajstić information content (AvgIpc) is 3.03. The molecule has 0 saturated carbocycles. The van der Waals surface area contributed by atoms with Gasteiger partial charge in [-0.3, -0.25) is 9.69 Å². The van der Waals surface area contributed by atoms with E-state index in [0.717, 1.165) is 43.1 Å². The van der Waals surface area contributed by atoms with Crippen molar-refractivity contribution in [3.05, 3.63) is 35.7 Å². The summed E-state index contributed by atoms with van der Waals surface area (Å²) in [6.45, 7) is 2.96. The maximum atomic E-state index is 11.2. The zero-order valence-electron chi connectivity index (χ0n) is 13.8. The highest BCUT2D eigenvalue weighted by atomic mass is 16.5. The number of methoxy groups -OCH3 is 1. The molecule has 0 spiro atoms. The summed E-state index contributed by atoms with van der Waals surface area (Å²) < 4.78 is 6.97. The first-order valence-electron chi connectivity index (χ1n) is 8.05. The normalized spacial score (nSPS) is 16.2. The number of nitrogens with two attached hydrogens (primary N) is 1. The molecule has 0 radical (unpaired) electrons. The van der Waals surface area contributed by atoms with E-state index in [4.69, 9.17) is 10.5 Å². The summed E-state index contributed by atoms with van der Waals surface area (Å²) in [7, 11) is 1.65. The van der Waals surface area contributed by atoms with Crippen LogP contribution in [0.1, 0.15) is 24.2 Å². The van der Waals surface area contributed by atoms with E-state index in [1.807, 2.05) is 28.9 Å². The number of carbonyl (C=O) groups excluding carboxylic acids is 1. The third-order valence-electron chi connectivity index (χ3n) is 4.45. The first-order chi connectivity index (χ1) is 11.7. The number of piperidine rings is 1. The Labute approximate surface area is 140 Å². The zero-order valence-corrected chi connectivity index (χ0v) is 13.8. The van der Waals surface area contributed by atoms with Gasteiger partial charge in [-0.2, -0.15) is 0 Å². The molecule has 1 saturated heterocycles. The van der Waals surface area contributed by atoms with Crippen molar-refractivity contribution in [2.75, 3.05) is 20.2 Å². The molecule has 0 aliphatic carbocycles. The van der Waals surface area contributed by atoms with E-state index >= 15 is 0 Å². The molecule has 128 valence electrons. The Kier molecular flexibility index (Phi) is 5.05. The molecular formula is C16H22N6O2. The SMILES string of the molecule is COc1ccc(Cn2nnnc2CN2CCC(C(N)=O)CC2)cc1. The van der Waals surface area contributed by atoms with Crippen molar-refractivity contribution >= 4 is 5.91 Å². The number of nitrogens with zero attached hydrogens (tertiary/aromatic N) is 5. The van der Waals surface area contributed by atoms with Gasteiger partial charge in [-0.1, -0.05) is 12.1 Å². The van der Waals surface area contributed by atoms with Crippen molar-refractivity contribution in [2.24, 2.45) is 11.7 Å². The molecule has 1 amide bonds. The van der Waals surface area contributed by atoms with Crippen LogP contribution in [0.25, 0.3) is 0 Å². The topological polar surface area (TPSA) is 99.2 Å². The van der Waals surface area contributed by atoms with Gasteiger partial charge in [0.2, 0.25) is 5.91 Å². The maximum Gasteiger partial charge on any atom is 0.220 e. The van der Waals surface area contributed by atoms with Crippen LogP contribution in [0.3, 0.4) is 0 Å². The van der Waals surface area contributed by atoms with Crippen molar-refractivity contribution in [1.82, 2.24) is 25.1 Å². The molecule has 1 aromatic heterocycles. The molecule has 0 bridgehead atoms. The van der Waals surface area contributed by atoms with Crippen LogP contribution in [-0.4, -0.2) is 51.2 Å². The van der Waals surface area contributed by atoms with Crippen molar-refractivity contribution in [1.29, 1.82) is 0 Å². The largest absolute Gasteiger partial charge is 0.497 e. The highest BCUT2D eigenvalue weighted by Gasteiger charge is 2.24. The number of carbonyl (C=O) groups is 1. The Hall–Kier alpha value is -2.48. The fourth-order valence-electron chi connectivity index (χ4n) is 2.94. The number of hydrogen-bond acceptors (Lipinski definition) is 6. The van der Waals surface area contributed by atoms with Crippen LogP contribution in [0.15, 0.2) is 24.3 Å².